The minimum Gasteiger partial charge on any atom is -0.370 e. The summed E-state index contributed by atoms with van der Waals surface area (Å²) in [4.78, 5) is 25.8. The molecule has 4 nitrogen and oxygen atoms in total. The van der Waals surface area contributed by atoms with Crippen LogP contribution in [0.4, 0.5) is 0 Å². The molecule has 34 heavy (non-hydrogen) atoms. The second kappa shape index (κ2) is 16.1. The number of carbonyl (C=O) groups is 2. The molecule has 2 aromatic rings. The van der Waals surface area contributed by atoms with E-state index in [0.717, 1.165) is 22.3 Å². The minimum absolute atomic E-state index is 0.0405. The van der Waals surface area contributed by atoms with Gasteiger partial charge in [-0.15, -0.1) is 0 Å². The third-order valence-corrected chi connectivity index (χ3v) is 6.71. The second-order valence-electron chi connectivity index (χ2n) is 8.98. The van der Waals surface area contributed by atoms with Crippen LogP contribution in [0.25, 0.3) is 0 Å². The highest BCUT2D eigenvalue weighted by Crippen LogP contribution is 2.36. The first kappa shape index (κ1) is 30.3. The fraction of sp³-hybridized carbons (Fsp3) is 0.481. The number of benzene rings is 2. The predicted octanol–water partition coefficient (Wildman–Crippen LogP) is 7.25. The van der Waals surface area contributed by atoms with Crippen LogP contribution in [0, 0.1) is 11.8 Å². The minimum atomic E-state index is -0.409. The number of nitrogens with two attached hydrogens (primary N) is 1. The number of likely N-dealkylation sites (tertiary alicyclic amines) is 1. The SMILES string of the molecule is CC(C)CN1C(=O)C(CC(N)=O)CCC1c1ccc(Cl)cc1.CSC(C)C.Clc1ccccc1. The Morgan fingerprint density at radius 1 is 1.00 bits per heavy atom. The van der Waals surface area contributed by atoms with E-state index >= 15 is 0 Å². The lowest BCUT2D eigenvalue weighted by Crippen LogP contribution is -2.46. The predicted molar refractivity (Wildman–Crippen MR) is 147 cm³/mol. The Labute approximate surface area is 219 Å². The second-order valence-corrected chi connectivity index (χ2v) is 11.3. The van der Waals surface area contributed by atoms with Gasteiger partial charge in [0.15, 0.2) is 0 Å². The molecular weight excluding hydrogens is 487 g/mol. The molecule has 1 heterocycles. The van der Waals surface area contributed by atoms with Gasteiger partial charge in [0.05, 0.1) is 6.04 Å². The average molecular weight is 526 g/mol. The van der Waals surface area contributed by atoms with Crippen molar-refractivity contribution in [1.29, 1.82) is 0 Å². The molecule has 188 valence electrons. The lowest BCUT2D eigenvalue weighted by molar-refractivity contribution is -0.144. The quantitative estimate of drug-likeness (QED) is 0.432. The van der Waals surface area contributed by atoms with Crippen LogP contribution in [0.2, 0.25) is 10.0 Å². The van der Waals surface area contributed by atoms with Crippen molar-refractivity contribution in [3.05, 3.63) is 70.2 Å². The van der Waals surface area contributed by atoms with Crippen LogP contribution in [0.5, 0.6) is 0 Å². The molecule has 2 amide bonds. The molecule has 0 saturated carbocycles. The van der Waals surface area contributed by atoms with Gasteiger partial charge in [0.2, 0.25) is 11.8 Å². The largest absolute Gasteiger partial charge is 0.370 e. The summed E-state index contributed by atoms with van der Waals surface area (Å²) in [5, 5.41) is 2.28. The van der Waals surface area contributed by atoms with Crippen LogP contribution >= 0.6 is 35.0 Å². The zero-order valence-corrected chi connectivity index (χ0v) is 23.2. The first-order valence-corrected chi connectivity index (χ1v) is 13.7. The molecule has 0 spiro atoms. The van der Waals surface area contributed by atoms with Gasteiger partial charge in [-0.05, 0) is 60.1 Å². The zero-order valence-electron chi connectivity index (χ0n) is 20.8. The van der Waals surface area contributed by atoms with Gasteiger partial charge in [0, 0.05) is 28.9 Å². The van der Waals surface area contributed by atoms with E-state index in [-0.39, 0.29) is 24.3 Å². The molecule has 1 aliphatic rings. The summed E-state index contributed by atoms with van der Waals surface area (Å²) < 4.78 is 0. The van der Waals surface area contributed by atoms with Crippen molar-refractivity contribution < 1.29 is 9.59 Å². The van der Waals surface area contributed by atoms with E-state index in [4.69, 9.17) is 28.9 Å². The first-order chi connectivity index (χ1) is 16.0. The molecule has 1 fully saturated rings. The van der Waals surface area contributed by atoms with Gasteiger partial charge < -0.3 is 10.6 Å². The maximum atomic E-state index is 12.7. The van der Waals surface area contributed by atoms with Gasteiger partial charge in [0.1, 0.15) is 0 Å². The molecule has 0 aliphatic carbocycles. The highest BCUT2D eigenvalue weighted by atomic mass is 35.5. The van der Waals surface area contributed by atoms with Gasteiger partial charge in [0.25, 0.3) is 0 Å². The Morgan fingerprint density at radius 3 is 1.94 bits per heavy atom. The van der Waals surface area contributed by atoms with Crippen molar-refractivity contribution in [1.82, 2.24) is 4.90 Å². The van der Waals surface area contributed by atoms with E-state index in [1.807, 2.05) is 71.3 Å². The number of thioether (sulfide) groups is 1. The van der Waals surface area contributed by atoms with Crippen molar-refractivity contribution in [2.75, 3.05) is 12.8 Å². The monoisotopic (exact) mass is 524 g/mol. The van der Waals surface area contributed by atoms with Crippen molar-refractivity contribution in [3.63, 3.8) is 0 Å². The standard InChI is InChI=1S/C17H23ClN2O2.C6H5Cl.C4H10S/c1-11(2)10-20-15(12-3-6-14(18)7-4-12)8-5-13(17(20)22)9-16(19)21;7-6-4-2-1-3-5-6;1-4(2)5-3/h3-4,6-7,11,13,15H,5,8-10H2,1-2H3,(H2,19,21);1-5H;4H,1-3H3. The Morgan fingerprint density at radius 2 is 1.53 bits per heavy atom. The normalized spacial score (nSPS) is 17.6. The molecule has 2 unspecified atom stereocenters. The highest BCUT2D eigenvalue weighted by Gasteiger charge is 2.36. The van der Waals surface area contributed by atoms with Gasteiger partial charge >= 0.3 is 0 Å². The number of hydrogen-bond acceptors (Lipinski definition) is 3. The van der Waals surface area contributed by atoms with E-state index in [1.165, 1.54) is 0 Å². The van der Waals surface area contributed by atoms with Crippen LogP contribution < -0.4 is 5.73 Å². The molecule has 2 atom stereocenters. The van der Waals surface area contributed by atoms with Crippen LogP contribution in [-0.2, 0) is 9.59 Å². The van der Waals surface area contributed by atoms with E-state index in [2.05, 4.69) is 34.0 Å². The smallest absolute Gasteiger partial charge is 0.226 e. The topological polar surface area (TPSA) is 63.4 Å². The molecule has 0 aromatic heterocycles. The van der Waals surface area contributed by atoms with Crippen LogP contribution in [-0.4, -0.2) is 34.8 Å². The van der Waals surface area contributed by atoms with Crippen molar-refractivity contribution in [2.24, 2.45) is 17.6 Å². The van der Waals surface area contributed by atoms with Gasteiger partial charge in [-0.25, -0.2) is 0 Å². The Balaban J connectivity index is 0.000000393. The number of halogens is 2. The van der Waals surface area contributed by atoms with Crippen LogP contribution in [0.15, 0.2) is 54.6 Å². The lowest BCUT2D eigenvalue weighted by Gasteiger charge is -2.40. The number of primary amides is 1. The molecule has 7 heteroatoms. The fourth-order valence-corrected chi connectivity index (χ4v) is 3.79. The van der Waals surface area contributed by atoms with Gasteiger partial charge in [-0.2, -0.15) is 11.8 Å². The average Bonchev–Trinajstić information content (AvgIpc) is 2.78. The van der Waals surface area contributed by atoms with Gasteiger partial charge in [-0.3, -0.25) is 9.59 Å². The van der Waals surface area contributed by atoms with Gasteiger partial charge in [-0.1, -0.05) is 81.2 Å². The third-order valence-electron chi connectivity index (χ3n) is 5.27. The maximum absolute atomic E-state index is 12.7. The zero-order chi connectivity index (χ0) is 25.7. The molecule has 1 aliphatic heterocycles. The number of rotatable bonds is 6. The Hall–Kier alpha value is -1.69. The lowest BCUT2D eigenvalue weighted by atomic mass is 9.86. The van der Waals surface area contributed by atoms with Crippen molar-refractivity contribution in [2.45, 2.75) is 58.2 Å². The number of carbonyl (C=O) groups excluding carboxylic acids is 2. The maximum Gasteiger partial charge on any atom is 0.226 e. The fourth-order valence-electron chi connectivity index (χ4n) is 3.52. The van der Waals surface area contributed by atoms with E-state index in [0.29, 0.717) is 23.9 Å². The van der Waals surface area contributed by atoms with Crippen molar-refractivity contribution >= 4 is 46.8 Å². The molecule has 0 radical (unpaired) electrons. The molecule has 3 rings (SSSR count). The third kappa shape index (κ3) is 11.6. The summed E-state index contributed by atoms with van der Waals surface area (Å²) in [6, 6.07) is 17.1. The van der Waals surface area contributed by atoms with Crippen LogP contribution in [0.3, 0.4) is 0 Å². The molecule has 1 saturated heterocycles. The highest BCUT2D eigenvalue weighted by molar-refractivity contribution is 7.99. The summed E-state index contributed by atoms with van der Waals surface area (Å²) in [5.41, 5.74) is 6.36. The van der Waals surface area contributed by atoms with E-state index in [9.17, 15) is 9.59 Å². The number of amides is 2. The molecule has 2 aromatic carbocycles. The van der Waals surface area contributed by atoms with Crippen molar-refractivity contribution in [3.8, 4) is 0 Å². The summed E-state index contributed by atoms with van der Waals surface area (Å²) in [6.07, 6.45) is 3.80. The summed E-state index contributed by atoms with van der Waals surface area (Å²) >= 11 is 13.4. The summed E-state index contributed by atoms with van der Waals surface area (Å²) in [6.45, 7) is 9.23. The number of hydrogen-bond donors (Lipinski definition) is 1. The molecule has 0 bridgehead atoms. The number of nitrogens with zero attached hydrogens (tertiary/aromatic N) is 1. The van der Waals surface area contributed by atoms with E-state index < -0.39 is 5.91 Å². The summed E-state index contributed by atoms with van der Waals surface area (Å²) in [5.74, 6) is -0.280. The summed E-state index contributed by atoms with van der Waals surface area (Å²) in [7, 11) is 0. The van der Waals surface area contributed by atoms with Crippen LogP contribution in [0.1, 0.15) is 58.6 Å². The molecular formula is C27H38Cl2N2O2S. The van der Waals surface area contributed by atoms with E-state index in [1.54, 1.807) is 0 Å². The number of piperidine rings is 1. The first-order valence-electron chi connectivity index (χ1n) is 11.6. The Kier molecular flexibility index (Phi) is 14.3. The Bertz CT molecular complexity index is 861. The molecule has 2 N–H and O–H groups in total.